The molecule has 0 unspecified atom stereocenters. The van der Waals surface area contributed by atoms with Gasteiger partial charge in [0, 0.05) is 16.8 Å². The van der Waals surface area contributed by atoms with Crippen LogP contribution in [0.1, 0.15) is 12.7 Å². The van der Waals surface area contributed by atoms with E-state index >= 15 is 0 Å². The van der Waals surface area contributed by atoms with Gasteiger partial charge in [-0.05, 0) is 31.2 Å². The van der Waals surface area contributed by atoms with Gasteiger partial charge < -0.3 is 0 Å². The van der Waals surface area contributed by atoms with Crippen molar-refractivity contribution < 1.29 is 4.39 Å². The molecule has 0 fully saturated rings. The van der Waals surface area contributed by atoms with Crippen LogP contribution in [0.2, 0.25) is 5.02 Å². The van der Waals surface area contributed by atoms with E-state index in [0.29, 0.717) is 16.5 Å². The molecule has 0 spiro atoms. The van der Waals surface area contributed by atoms with E-state index in [1.807, 2.05) is 13.0 Å². The summed E-state index contributed by atoms with van der Waals surface area (Å²) in [7, 11) is 0. The van der Waals surface area contributed by atoms with Crippen LogP contribution in [-0.4, -0.2) is 14.5 Å². The summed E-state index contributed by atoms with van der Waals surface area (Å²) < 4.78 is 16.1. The molecule has 0 aliphatic heterocycles. The molecule has 3 nitrogen and oxygen atoms in total. The second-order valence-corrected chi connectivity index (χ2v) is 5.12. The van der Waals surface area contributed by atoms with Crippen molar-refractivity contribution in [1.29, 1.82) is 0 Å². The first-order valence-corrected chi connectivity index (χ1v) is 7.10. The zero-order valence-electron chi connectivity index (χ0n) is 11.9. The summed E-state index contributed by atoms with van der Waals surface area (Å²) in [6.45, 7) is 5.68. The highest BCUT2D eigenvalue weighted by molar-refractivity contribution is 6.30. The third-order valence-corrected chi connectivity index (χ3v) is 3.63. The summed E-state index contributed by atoms with van der Waals surface area (Å²) in [5.41, 5.74) is 2.64. The Bertz CT molecular complexity index is 896. The Morgan fingerprint density at radius 3 is 2.86 bits per heavy atom. The normalized spacial score (nSPS) is 11.9. The first-order chi connectivity index (χ1) is 10.7. The van der Waals surface area contributed by atoms with Gasteiger partial charge >= 0.3 is 0 Å². The molecule has 110 valence electrons. The number of halogens is 2. The van der Waals surface area contributed by atoms with Crippen LogP contribution in [0.5, 0.6) is 0 Å². The Hall–Kier alpha value is -2.46. The summed E-state index contributed by atoms with van der Waals surface area (Å²) in [4.78, 5) is 8.69. The maximum Gasteiger partial charge on any atom is 0.148 e. The molecule has 0 aliphatic rings. The van der Waals surface area contributed by atoms with E-state index in [0.717, 1.165) is 16.6 Å². The van der Waals surface area contributed by atoms with Gasteiger partial charge in [-0.15, -0.1) is 0 Å². The highest BCUT2D eigenvalue weighted by Gasteiger charge is 2.17. The second-order valence-electron chi connectivity index (χ2n) is 4.68. The van der Waals surface area contributed by atoms with Crippen molar-refractivity contribution in [3.63, 3.8) is 0 Å². The van der Waals surface area contributed by atoms with E-state index < -0.39 is 5.82 Å². The lowest BCUT2D eigenvalue weighted by molar-refractivity contribution is 0.619. The van der Waals surface area contributed by atoms with Crippen molar-refractivity contribution in [2.75, 3.05) is 0 Å². The van der Waals surface area contributed by atoms with Crippen molar-refractivity contribution in [2.45, 2.75) is 6.92 Å². The molecule has 5 heteroatoms. The zero-order chi connectivity index (χ0) is 15.7. The van der Waals surface area contributed by atoms with Gasteiger partial charge in [-0.3, -0.25) is 9.55 Å². The van der Waals surface area contributed by atoms with E-state index in [9.17, 15) is 4.39 Å². The molecule has 3 rings (SSSR count). The van der Waals surface area contributed by atoms with Crippen LogP contribution in [-0.2, 0) is 0 Å². The van der Waals surface area contributed by atoms with Gasteiger partial charge in [-0.25, -0.2) is 9.37 Å². The number of benzene rings is 1. The third-order valence-electron chi connectivity index (χ3n) is 3.40. The first kappa shape index (κ1) is 14.5. The molecule has 22 heavy (non-hydrogen) atoms. The van der Waals surface area contributed by atoms with Crippen molar-refractivity contribution in [2.24, 2.45) is 0 Å². The Balaban J connectivity index is 2.40. The van der Waals surface area contributed by atoms with E-state index in [-0.39, 0.29) is 0 Å². The van der Waals surface area contributed by atoms with E-state index in [2.05, 4.69) is 16.5 Å². The number of fused-ring (bicyclic) bond motifs is 1. The fourth-order valence-electron chi connectivity index (χ4n) is 2.36. The summed E-state index contributed by atoms with van der Waals surface area (Å²) in [5, 5.41) is 0.348. The van der Waals surface area contributed by atoms with Crippen LogP contribution in [0.15, 0.2) is 55.4 Å². The maximum atomic E-state index is 14.4. The lowest BCUT2D eigenvalue weighted by Crippen LogP contribution is -2.02. The average molecular weight is 314 g/mol. The Labute approximate surface area is 132 Å². The molecule has 0 aliphatic carbocycles. The lowest BCUT2D eigenvalue weighted by Gasteiger charge is -2.11. The summed E-state index contributed by atoms with van der Waals surface area (Å²) in [5.74, 6) is 0.193. The quantitative estimate of drug-likeness (QED) is 0.650. The molecule has 2 heterocycles. The monoisotopic (exact) mass is 313 g/mol. The minimum Gasteiger partial charge on any atom is -0.288 e. The molecule has 0 N–H and O–H groups in total. The lowest BCUT2D eigenvalue weighted by atomic mass is 10.2. The SMILES string of the molecule is C=C/C(=C\C)c1nc2ccncc2n1-c1ccc(Cl)cc1F. The van der Waals surface area contributed by atoms with Gasteiger partial charge in [-0.2, -0.15) is 0 Å². The number of rotatable bonds is 3. The van der Waals surface area contributed by atoms with Crippen LogP contribution >= 0.6 is 11.6 Å². The van der Waals surface area contributed by atoms with Gasteiger partial charge in [0.15, 0.2) is 0 Å². The molecule has 0 bridgehead atoms. The number of pyridine rings is 1. The van der Waals surface area contributed by atoms with Crippen LogP contribution in [0.25, 0.3) is 22.3 Å². The van der Waals surface area contributed by atoms with Crippen molar-refractivity contribution in [3.8, 4) is 5.69 Å². The van der Waals surface area contributed by atoms with E-state index in [1.54, 1.807) is 41.2 Å². The molecule has 0 radical (unpaired) electrons. The smallest absolute Gasteiger partial charge is 0.148 e. The molecule has 0 saturated heterocycles. The Morgan fingerprint density at radius 1 is 1.36 bits per heavy atom. The summed E-state index contributed by atoms with van der Waals surface area (Å²) in [6, 6.07) is 6.35. The zero-order valence-corrected chi connectivity index (χ0v) is 12.7. The maximum absolute atomic E-state index is 14.4. The molecular formula is C17H13ClFN3. The second kappa shape index (κ2) is 5.73. The highest BCUT2D eigenvalue weighted by atomic mass is 35.5. The van der Waals surface area contributed by atoms with E-state index in [4.69, 9.17) is 11.6 Å². The first-order valence-electron chi connectivity index (χ1n) is 6.72. The van der Waals surface area contributed by atoms with Crippen LogP contribution in [0.4, 0.5) is 4.39 Å². The number of aromatic nitrogens is 3. The Kier molecular flexibility index (Phi) is 3.77. The number of allylic oxidation sites excluding steroid dienone is 3. The minimum atomic E-state index is -0.420. The standard InChI is InChI=1S/C17H13ClFN3/c1-3-11(4-2)17-21-14-7-8-20-10-16(14)22(17)15-6-5-12(18)9-13(15)19/h3-10H,1H2,2H3/b11-4+. The molecule has 3 aromatic rings. The Morgan fingerprint density at radius 2 is 2.18 bits per heavy atom. The largest absolute Gasteiger partial charge is 0.288 e. The fraction of sp³-hybridized carbons (Fsp3) is 0.0588. The average Bonchev–Trinajstić information content (AvgIpc) is 2.88. The van der Waals surface area contributed by atoms with Gasteiger partial charge in [-0.1, -0.05) is 30.3 Å². The topological polar surface area (TPSA) is 30.7 Å². The van der Waals surface area contributed by atoms with Crippen LogP contribution in [0, 0.1) is 5.82 Å². The van der Waals surface area contributed by atoms with Gasteiger partial charge in [0.2, 0.25) is 0 Å². The number of hydrogen-bond acceptors (Lipinski definition) is 2. The molecule has 2 aromatic heterocycles. The summed E-state index contributed by atoms with van der Waals surface area (Å²) >= 11 is 5.85. The molecule has 0 amide bonds. The number of hydrogen-bond donors (Lipinski definition) is 0. The molecular weight excluding hydrogens is 301 g/mol. The molecule has 1 aromatic carbocycles. The predicted octanol–water partition coefficient (Wildman–Crippen LogP) is 4.80. The van der Waals surface area contributed by atoms with Crippen LogP contribution in [0.3, 0.4) is 0 Å². The van der Waals surface area contributed by atoms with Gasteiger partial charge in [0.05, 0.1) is 22.9 Å². The fourth-order valence-corrected chi connectivity index (χ4v) is 2.52. The molecule has 0 atom stereocenters. The van der Waals surface area contributed by atoms with Crippen molar-refractivity contribution in [3.05, 3.63) is 72.1 Å². The third kappa shape index (κ3) is 2.31. The van der Waals surface area contributed by atoms with Crippen molar-refractivity contribution in [1.82, 2.24) is 14.5 Å². The predicted molar refractivity (Wildman–Crippen MR) is 87.7 cm³/mol. The van der Waals surface area contributed by atoms with Crippen LogP contribution < -0.4 is 0 Å². The van der Waals surface area contributed by atoms with Gasteiger partial charge in [0.25, 0.3) is 0 Å². The van der Waals surface area contributed by atoms with Gasteiger partial charge in [0.1, 0.15) is 11.6 Å². The molecule has 0 saturated carbocycles. The highest BCUT2D eigenvalue weighted by Crippen LogP contribution is 2.28. The summed E-state index contributed by atoms with van der Waals surface area (Å²) in [6.07, 6.45) is 6.89. The number of nitrogens with zero attached hydrogens (tertiary/aromatic N) is 3. The number of imidazole rings is 1. The van der Waals surface area contributed by atoms with E-state index in [1.165, 1.54) is 6.07 Å². The minimum absolute atomic E-state index is 0.348. The van der Waals surface area contributed by atoms with Crippen molar-refractivity contribution >= 4 is 28.2 Å².